The van der Waals surface area contributed by atoms with Gasteiger partial charge in [-0.1, -0.05) is 125 Å². The fraction of sp³-hybridized carbons (Fsp3) is 0.407. The summed E-state index contributed by atoms with van der Waals surface area (Å²) in [6.07, 6.45) is 1.09. The molecule has 79 heavy (non-hydrogen) atoms. The standard InChI is InChI=1S/C12H14N2O3.C12H16N2O.C11H12N2O3.C11H13NO4.C11H14O2.2CH4/c1-12(2,3)9-5-8(7-13)11(17-4)10(6-9)14(15)16;1-12(2,3)9-5-8(7-13)11(15-4)10(14)6-9;1-11(2,3)8-4-7(6-12)10(14)9(5-8)13(15)16;1-11(2,3)8-4-7(6-13)10(14)9(5-8)12(15)16;1-11(2,3)9-4-5-10(13)8(6-9)7-12;;/h5-6H,1-4H3;5-6H,14H2,1-4H3;4-5,14H,1-3H3;4-6,14H,1-3H3;4-7,13H,1-3H3;2*1H4. The third-order valence-electron chi connectivity index (χ3n) is 11.4. The Morgan fingerprint density at radius 2 is 0.785 bits per heavy atom. The van der Waals surface area contributed by atoms with Crippen molar-refractivity contribution in [2.45, 2.75) is 146 Å². The van der Waals surface area contributed by atoms with Crippen LogP contribution in [-0.4, -0.2) is 56.9 Å². The minimum Gasteiger partial charge on any atom is -0.507 e. The van der Waals surface area contributed by atoms with Crippen molar-refractivity contribution in [3.05, 3.63) is 153 Å². The smallest absolute Gasteiger partial charge is 0.312 e. The molecule has 0 heterocycles. The van der Waals surface area contributed by atoms with Crippen molar-refractivity contribution in [2.24, 2.45) is 0 Å². The van der Waals surface area contributed by atoms with E-state index in [1.807, 2.05) is 86.6 Å². The van der Waals surface area contributed by atoms with Gasteiger partial charge in [0.25, 0.3) is 0 Å². The highest BCUT2D eigenvalue weighted by Gasteiger charge is 2.27. The van der Waals surface area contributed by atoms with Gasteiger partial charge in [0.2, 0.25) is 17.2 Å². The molecule has 0 aliphatic heterocycles. The topological polar surface area (TPSA) is 340 Å². The number of hydrogen-bond donors (Lipinski definition) is 4. The van der Waals surface area contributed by atoms with Crippen molar-refractivity contribution < 1.29 is 49.2 Å². The second-order valence-corrected chi connectivity index (χ2v) is 22.4. The molecule has 0 aliphatic carbocycles. The van der Waals surface area contributed by atoms with E-state index in [1.165, 1.54) is 44.6 Å². The summed E-state index contributed by atoms with van der Waals surface area (Å²) in [5.41, 5.74) is 9.41. The van der Waals surface area contributed by atoms with E-state index in [9.17, 15) is 55.3 Å². The summed E-state index contributed by atoms with van der Waals surface area (Å²) < 4.78 is 10.0. The quantitative estimate of drug-likeness (QED) is 0.0509. The second kappa shape index (κ2) is 28.9. The number of nitro groups is 3. The predicted molar refractivity (Wildman–Crippen MR) is 307 cm³/mol. The van der Waals surface area contributed by atoms with Gasteiger partial charge in [-0.25, -0.2) is 0 Å². The van der Waals surface area contributed by atoms with E-state index in [0.717, 1.165) is 16.7 Å². The number of methoxy groups -OCH3 is 2. The molecule has 0 radical (unpaired) electrons. The van der Waals surface area contributed by atoms with Crippen molar-refractivity contribution >= 4 is 35.3 Å². The molecule has 20 nitrogen and oxygen atoms in total. The van der Waals surface area contributed by atoms with Crippen LogP contribution < -0.4 is 15.2 Å². The summed E-state index contributed by atoms with van der Waals surface area (Å²) >= 11 is 0. The number of aromatic hydroxyl groups is 3. The molecule has 0 bridgehead atoms. The van der Waals surface area contributed by atoms with Gasteiger partial charge in [-0.15, -0.1) is 0 Å². The summed E-state index contributed by atoms with van der Waals surface area (Å²) in [4.78, 5) is 51.7. The maximum absolute atomic E-state index is 10.9. The lowest BCUT2D eigenvalue weighted by atomic mass is 9.85. The number of rotatable bonds is 7. The third-order valence-corrected chi connectivity index (χ3v) is 11.4. The number of nitrogens with zero attached hydrogens (tertiary/aromatic N) is 6. The maximum Gasteiger partial charge on any atom is 0.312 e. The first-order valence-electron chi connectivity index (χ1n) is 23.5. The largest absolute Gasteiger partial charge is 0.507 e. The fourth-order valence-electron chi connectivity index (χ4n) is 6.57. The van der Waals surface area contributed by atoms with Gasteiger partial charge in [-0.2, -0.15) is 15.8 Å². The molecule has 5 aromatic carbocycles. The lowest BCUT2D eigenvalue weighted by Crippen LogP contribution is -2.12. The van der Waals surface area contributed by atoms with Gasteiger partial charge in [-0.3, -0.25) is 39.9 Å². The molecule has 0 saturated heterocycles. The zero-order chi connectivity index (χ0) is 59.9. The van der Waals surface area contributed by atoms with Crippen molar-refractivity contribution in [3.8, 4) is 47.0 Å². The molecular weight excluding hydrogens is 1010 g/mol. The number of carbonyl (C=O) groups excluding carboxylic acids is 2. The maximum atomic E-state index is 10.9. The number of nitrogens with two attached hydrogens (primary N) is 1. The van der Waals surface area contributed by atoms with Crippen LogP contribution in [0.2, 0.25) is 0 Å². The van der Waals surface area contributed by atoms with Gasteiger partial charge in [0.15, 0.2) is 18.3 Å². The number of nitrogen functional groups attached to an aromatic ring is 1. The van der Waals surface area contributed by atoms with Crippen molar-refractivity contribution in [2.75, 3.05) is 20.0 Å². The average Bonchev–Trinajstić information content (AvgIpc) is 3.32. The second-order valence-electron chi connectivity index (χ2n) is 22.4. The lowest BCUT2D eigenvalue weighted by Gasteiger charge is -2.20. The molecular formula is C59H77N7O13. The summed E-state index contributed by atoms with van der Waals surface area (Å²) in [6.45, 7) is 29.5. The van der Waals surface area contributed by atoms with Crippen molar-refractivity contribution in [1.29, 1.82) is 15.8 Å². The van der Waals surface area contributed by atoms with Crippen LogP contribution in [-0.2, 0) is 27.1 Å². The lowest BCUT2D eigenvalue weighted by molar-refractivity contribution is -0.386. The summed E-state index contributed by atoms with van der Waals surface area (Å²) in [7, 11) is 2.84. The molecule has 5 N–H and O–H groups in total. The van der Waals surface area contributed by atoms with Crippen LogP contribution in [0.15, 0.2) is 66.7 Å². The Hall–Kier alpha value is -9.09. The van der Waals surface area contributed by atoms with Crippen LogP contribution in [0.25, 0.3) is 0 Å². The van der Waals surface area contributed by atoms with Gasteiger partial charge < -0.3 is 30.5 Å². The number of ether oxygens (including phenoxy) is 2. The Labute approximate surface area is 464 Å². The Morgan fingerprint density at radius 3 is 1.13 bits per heavy atom. The molecule has 5 aromatic rings. The number of phenols is 3. The third kappa shape index (κ3) is 20.1. The van der Waals surface area contributed by atoms with Crippen molar-refractivity contribution in [3.63, 3.8) is 0 Å². The molecule has 426 valence electrons. The first-order chi connectivity index (χ1) is 35.2. The Morgan fingerprint density at radius 1 is 0.468 bits per heavy atom. The average molecular weight is 1090 g/mol. The van der Waals surface area contributed by atoms with E-state index in [4.69, 9.17) is 31.0 Å². The normalized spacial score (nSPS) is 10.7. The molecule has 0 saturated carbocycles. The number of carbonyl (C=O) groups is 2. The summed E-state index contributed by atoms with van der Waals surface area (Å²) in [5.74, 6) is -0.618. The highest BCUT2D eigenvalue weighted by atomic mass is 16.6. The molecule has 0 spiro atoms. The molecule has 0 amide bonds. The van der Waals surface area contributed by atoms with Gasteiger partial charge in [0.1, 0.15) is 35.1 Å². The minimum atomic E-state index is -0.697. The summed E-state index contributed by atoms with van der Waals surface area (Å²) in [6, 6.07) is 23.2. The SMILES string of the molecule is C.C.CC(C)(C)c1cc(C#N)c(O)c([N+](=O)[O-])c1.CC(C)(C)c1cc(C=O)c(O)c([N+](=O)[O-])c1.CC(C)(C)c1ccc(O)c(C=O)c1.COc1c(C#N)cc(C(C)(C)C)cc1[N+](=O)[O-].COc1c(N)cc(C(C)(C)C)cc1C#N. The molecule has 20 heteroatoms. The van der Waals surface area contributed by atoms with Crippen LogP contribution in [0.4, 0.5) is 22.7 Å². The van der Waals surface area contributed by atoms with Gasteiger partial charge in [0.05, 0.1) is 51.4 Å². The first kappa shape index (κ1) is 72.0. The predicted octanol–water partition coefficient (Wildman–Crippen LogP) is 13.9. The number of phenolic OH excluding ortho intramolecular Hbond substituents is 3. The van der Waals surface area contributed by atoms with E-state index >= 15 is 0 Å². The molecule has 5 rings (SSSR count). The highest BCUT2D eigenvalue weighted by molar-refractivity contribution is 5.82. The van der Waals surface area contributed by atoms with Crippen LogP contribution in [0.3, 0.4) is 0 Å². The fourth-order valence-corrected chi connectivity index (χ4v) is 6.57. The highest BCUT2D eigenvalue weighted by Crippen LogP contribution is 2.39. The summed E-state index contributed by atoms with van der Waals surface area (Å²) in [5, 5.41) is 87.3. The molecule has 0 fully saturated rings. The Kier molecular flexibility index (Phi) is 26.3. The van der Waals surface area contributed by atoms with E-state index < -0.39 is 37.6 Å². The van der Waals surface area contributed by atoms with Crippen LogP contribution in [0.5, 0.6) is 28.7 Å². The minimum absolute atomic E-state index is 0. The number of nitriles is 3. The first-order valence-corrected chi connectivity index (χ1v) is 23.5. The van der Waals surface area contributed by atoms with Gasteiger partial charge in [-0.05, 0) is 97.4 Å². The number of anilines is 1. The van der Waals surface area contributed by atoms with Gasteiger partial charge >= 0.3 is 17.1 Å². The van der Waals surface area contributed by atoms with E-state index in [0.29, 0.717) is 46.3 Å². The number of aldehydes is 2. The monoisotopic (exact) mass is 1090 g/mol. The van der Waals surface area contributed by atoms with Gasteiger partial charge in [0, 0.05) is 18.2 Å². The van der Waals surface area contributed by atoms with E-state index in [1.54, 1.807) is 24.3 Å². The number of hydrogen-bond acceptors (Lipinski definition) is 17. The van der Waals surface area contributed by atoms with E-state index in [-0.39, 0.29) is 75.8 Å². The molecule has 0 aliphatic rings. The Balaban J connectivity index is 0. The van der Waals surface area contributed by atoms with Crippen LogP contribution in [0.1, 0.15) is 184 Å². The molecule has 0 unspecified atom stereocenters. The number of benzene rings is 5. The molecule has 0 atom stereocenters. The van der Waals surface area contributed by atoms with Crippen LogP contribution in [0, 0.1) is 64.3 Å². The Bertz CT molecular complexity index is 3130. The van der Waals surface area contributed by atoms with E-state index in [2.05, 4.69) is 47.6 Å². The molecule has 0 aromatic heterocycles. The zero-order valence-corrected chi connectivity index (χ0v) is 46.7. The number of nitro benzene ring substituents is 3. The van der Waals surface area contributed by atoms with Crippen LogP contribution >= 0.6 is 0 Å². The van der Waals surface area contributed by atoms with Crippen molar-refractivity contribution in [1.82, 2.24) is 0 Å². The zero-order valence-electron chi connectivity index (χ0n) is 46.7.